The van der Waals surface area contributed by atoms with Crippen molar-refractivity contribution in [2.45, 2.75) is 28.8 Å². The molecule has 0 spiro atoms. The molecule has 2 aromatic heterocycles. The van der Waals surface area contributed by atoms with Crippen LogP contribution in [0.1, 0.15) is 27.9 Å². The number of nitrogens with zero attached hydrogens (tertiary/aromatic N) is 3. The maximum atomic E-state index is 13.1. The molecule has 2 aromatic carbocycles. The van der Waals surface area contributed by atoms with Gasteiger partial charge in [0.05, 0.1) is 25.9 Å². The predicted octanol–water partition coefficient (Wildman–Crippen LogP) is 5.05. The number of imidazole rings is 1. The summed E-state index contributed by atoms with van der Waals surface area (Å²) < 4.78 is 66.5. The number of Topliss-reactive ketones (excluding diaryl/α,β-unsaturated/α-hetero) is 1. The first-order chi connectivity index (χ1) is 15.6. The minimum Gasteiger partial charge on any atom is -0.294 e. The Hall–Kier alpha value is -3.24. The van der Waals surface area contributed by atoms with E-state index in [4.69, 9.17) is 11.6 Å². The number of alkyl halides is 3. The highest BCUT2D eigenvalue weighted by molar-refractivity contribution is 7.91. The van der Waals surface area contributed by atoms with E-state index in [2.05, 4.69) is 9.97 Å². The van der Waals surface area contributed by atoms with Crippen molar-refractivity contribution in [2.24, 2.45) is 0 Å². The Morgan fingerprint density at radius 2 is 1.73 bits per heavy atom. The number of benzene rings is 2. The van der Waals surface area contributed by atoms with Crippen LogP contribution in [0.5, 0.6) is 0 Å². The van der Waals surface area contributed by atoms with E-state index in [0.29, 0.717) is 29.4 Å². The number of rotatable bonds is 6. The van der Waals surface area contributed by atoms with Gasteiger partial charge in [0, 0.05) is 31.2 Å². The van der Waals surface area contributed by atoms with E-state index < -0.39 is 31.5 Å². The molecule has 0 fully saturated rings. The summed E-state index contributed by atoms with van der Waals surface area (Å²) in [4.78, 5) is 19.9. The average Bonchev–Trinajstić information content (AvgIpc) is 3.25. The normalized spacial score (nSPS) is 12.2. The number of aryl methyl sites for hydroxylation is 1. The number of hydrogen-bond donors (Lipinski definition) is 0. The molecule has 0 amide bonds. The summed E-state index contributed by atoms with van der Waals surface area (Å²) in [5.74, 6) is 0.335. The molecule has 4 aromatic rings. The van der Waals surface area contributed by atoms with Crippen LogP contribution in [0.25, 0.3) is 5.78 Å². The summed E-state index contributed by atoms with van der Waals surface area (Å²) in [6.45, 7) is 0. The third-order valence-corrected chi connectivity index (χ3v) is 7.09. The lowest BCUT2D eigenvalue weighted by molar-refractivity contribution is -0.137. The molecule has 6 nitrogen and oxygen atoms in total. The van der Waals surface area contributed by atoms with E-state index in [9.17, 15) is 26.4 Å². The van der Waals surface area contributed by atoms with Gasteiger partial charge >= 0.3 is 6.18 Å². The Morgan fingerprint density at radius 3 is 2.42 bits per heavy atom. The number of sulfone groups is 1. The fourth-order valence-corrected chi connectivity index (χ4v) is 4.73. The standard InChI is InChI=1S/C22H15ClF3N3O3S/c23-19-7-6-17(11-18(19)22(24,25)26)33(31,32)16-4-1-14(2-5-16)3-8-20(30)15-12-28-21-27-9-10-29(21)13-15/h1-2,4-7,9-13H,3,8H2. The molecule has 4 rings (SSSR count). The van der Waals surface area contributed by atoms with Gasteiger partial charge in [-0.3, -0.25) is 9.20 Å². The number of hydrogen-bond acceptors (Lipinski definition) is 5. The maximum Gasteiger partial charge on any atom is 0.417 e. The Bertz CT molecular complexity index is 1450. The molecule has 0 aliphatic carbocycles. The predicted molar refractivity (Wildman–Crippen MR) is 114 cm³/mol. The molecule has 33 heavy (non-hydrogen) atoms. The monoisotopic (exact) mass is 493 g/mol. The van der Waals surface area contributed by atoms with E-state index in [0.717, 1.165) is 12.1 Å². The zero-order valence-electron chi connectivity index (χ0n) is 16.8. The number of ketones is 1. The third-order valence-electron chi connectivity index (χ3n) is 5.00. The van der Waals surface area contributed by atoms with Crippen LogP contribution in [0.15, 0.2) is 77.0 Å². The maximum absolute atomic E-state index is 13.1. The van der Waals surface area contributed by atoms with Crippen molar-refractivity contribution in [2.75, 3.05) is 0 Å². The molecule has 0 saturated heterocycles. The summed E-state index contributed by atoms with van der Waals surface area (Å²) in [7, 11) is -4.19. The first-order valence-electron chi connectivity index (χ1n) is 9.58. The highest BCUT2D eigenvalue weighted by atomic mass is 35.5. The quantitative estimate of drug-likeness (QED) is 0.351. The zero-order chi connectivity index (χ0) is 23.8. The average molecular weight is 494 g/mol. The van der Waals surface area contributed by atoms with Gasteiger partial charge in [0.15, 0.2) is 5.78 Å². The smallest absolute Gasteiger partial charge is 0.294 e. The van der Waals surface area contributed by atoms with E-state index >= 15 is 0 Å². The lowest BCUT2D eigenvalue weighted by Crippen LogP contribution is -2.09. The second-order valence-electron chi connectivity index (χ2n) is 7.19. The molecule has 0 N–H and O–H groups in total. The number of halogens is 4. The molecule has 0 saturated carbocycles. The van der Waals surface area contributed by atoms with E-state index in [1.807, 2.05) is 0 Å². The zero-order valence-corrected chi connectivity index (χ0v) is 18.3. The van der Waals surface area contributed by atoms with E-state index in [1.54, 1.807) is 23.0 Å². The minimum absolute atomic E-state index is 0.143. The summed E-state index contributed by atoms with van der Waals surface area (Å²) in [6, 6.07) is 8.12. The molecular weight excluding hydrogens is 479 g/mol. The molecular formula is C22H15ClF3N3O3S. The van der Waals surface area contributed by atoms with Gasteiger partial charge in [-0.25, -0.2) is 18.4 Å². The van der Waals surface area contributed by atoms with Crippen LogP contribution in [0.2, 0.25) is 5.02 Å². The van der Waals surface area contributed by atoms with Crippen molar-refractivity contribution in [1.29, 1.82) is 0 Å². The first kappa shape index (κ1) is 22.9. The Kier molecular flexibility index (Phi) is 5.98. The van der Waals surface area contributed by atoms with Crippen LogP contribution in [0, 0.1) is 0 Å². The van der Waals surface area contributed by atoms with Gasteiger partial charge in [0.2, 0.25) is 15.6 Å². The van der Waals surface area contributed by atoms with Crippen LogP contribution in [-0.2, 0) is 22.4 Å². The molecule has 11 heteroatoms. The fraction of sp³-hybridized carbons (Fsp3) is 0.136. The van der Waals surface area contributed by atoms with E-state index in [-0.39, 0.29) is 17.1 Å². The van der Waals surface area contributed by atoms with Gasteiger partial charge < -0.3 is 0 Å². The Balaban J connectivity index is 1.49. The highest BCUT2D eigenvalue weighted by Crippen LogP contribution is 2.37. The van der Waals surface area contributed by atoms with Crippen LogP contribution in [-0.4, -0.2) is 28.6 Å². The van der Waals surface area contributed by atoms with Crippen molar-refractivity contribution in [3.8, 4) is 0 Å². The first-order valence-corrected chi connectivity index (χ1v) is 11.4. The number of carbonyl (C=O) groups is 1. The molecule has 0 unspecified atom stereocenters. The van der Waals surface area contributed by atoms with Crippen molar-refractivity contribution >= 4 is 33.0 Å². The molecule has 170 valence electrons. The van der Waals surface area contributed by atoms with Crippen molar-refractivity contribution < 1.29 is 26.4 Å². The van der Waals surface area contributed by atoms with E-state index in [1.165, 1.54) is 30.5 Å². The fourth-order valence-electron chi connectivity index (χ4n) is 3.22. The SMILES string of the molecule is O=C(CCc1ccc(S(=O)(=O)c2ccc(Cl)c(C(F)(F)F)c2)cc1)c1cnc2nccn2c1. The largest absolute Gasteiger partial charge is 0.417 e. The second kappa shape index (κ2) is 8.60. The number of fused-ring (bicyclic) bond motifs is 1. The van der Waals surface area contributed by atoms with Gasteiger partial charge in [-0.05, 0) is 42.3 Å². The van der Waals surface area contributed by atoms with Crippen molar-refractivity contribution in [1.82, 2.24) is 14.4 Å². The van der Waals surface area contributed by atoms with Crippen LogP contribution in [0.3, 0.4) is 0 Å². The highest BCUT2D eigenvalue weighted by Gasteiger charge is 2.34. The minimum atomic E-state index is -4.78. The second-order valence-corrected chi connectivity index (χ2v) is 9.54. The summed E-state index contributed by atoms with van der Waals surface area (Å²) in [5.41, 5.74) is -0.0993. The van der Waals surface area contributed by atoms with Crippen molar-refractivity contribution in [3.05, 3.63) is 89.0 Å². The molecule has 0 bridgehead atoms. The number of carbonyl (C=O) groups excluding carboxylic acids is 1. The summed E-state index contributed by atoms with van der Waals surface area (Å²) in [5, 5.41) is -0.580. The van der Waals surface area contributed by atoms with Gasteiger partial charge in [0.1, 0.15) is 0 Å². The van der Waals surface area contributed by atoms with Gasteiger partial charge in [-0.15, -0.1) is 0 Å². The molecule has 0 aliphatic rings. The molecule has 0 radical (unpaired) electrons. The third kappa shape index (κ3) is 4.76. The summed E-state index contributed by atoms with van der Waals surface area (Å²) >= 11 is 5.57. The van der Waals surface area contributed by atoms with Gasteiger partial charge in [-0.2, -0.15) is 13.2 Å². The molecule has 2 heterocycles. The number of aromatic nitrogens is 3. The lowest BCUT2D eigenvalue weighted by Gasteiger charge is -2.12. The lowest BCUT2D eigenvalue weighted by atomic mass is 10.0. The molecule has 0 aliphatic heterocycles. The van der Waals surface area contributed by atoms with Gasteiger partial charge in [0.25, 0.3) is 0 Å². The van der Waals surface area contributed by atoms with Gasteiger partial charge in [-0.1, -0.05) is 23.7 Å². The van der Waals surface area contributed by atoms with Crippen LogP contribution in [0.4, 0.5) is 13.2 Å². The molecule has 0 atom stereocenters. The Morgan fingerprint density at radius 1 is 1.03 bits per heavy atom. The Labute approximate surface area is 191 Å². The topological polar surface area (TPSA) is 81.4 Å². The van der Waals surface area contributed by atoms with Crippen LogP contribution >= 0.6 is 11.6 Å². The summed E-state index contributed by atoms with van der Waals surface area (Å²) in [6.07, 6.45) is 2.06. The van der Waals surface area contributed by atoms with Crippen molar-refractivity contribution in [3.63, 3.8) is 0 Å². The van der Waals surface area contributed by atoms with Crippen LogP contribution < -0.4 is 0 Å².